The number of carbonyl (C=O) groups is 1. The first-order chi connectivity index (χ1) is 15.2. The SMILES string of the molecule is CCNC(=O)c1nn(Cc2cccc(OC)c2)c2c1CN(CCN1CCOCC1)CC2. The third-order valence-electron chi connectivity index (χ3n) is 6.07. The second-order valence-electron chi connectivity index (χ2n) is 8.12. The minimum absolute atomic E-state index is 0.0850. The minimum Gasteiger partial charge on any atom is -0.497 e. The van der Waals surface area contributed by atoms with Gasteiger partial charge in [0.15, 0.2) is 5.69 Å². The van der Waals surface area contributed by atoms with Crippen LogP contribution in [0.15, 0.2) is 24.3 Å². The maximum atomic E-state index is 12.7. The van der Waals surface area contributed by atoms with Crippen LogP contribution >= 0.6 is 0 Å². The van der Waals surface area contributed by atoms with Gasteiger partial charge in [-0.25, -0.2) is 0 Å². The first kappa shape index (κ1) is 21.8. The maximum Gasteiger partial charge on any atom is 0.272 e. The zero-order valence-electron chi connectivity index (χ0n) is 18.6. The molecule has 1 amide bonds. The summed E-state index contributed by atoms with van der Waals surface area (Å²) < 4.78 is 12.8. The van der Waals surface area contributed by atoms with E-state index < -0.39 is 0 Å². The summed E-state index contributed by atoms with van der Waals surface area (Å²) in [6.07, 6.45) is 0.898. The van der Waals surface area contributed by atoms with E-state index in [-0.39, 0.29) is 5.91 Å². The van der Waals surface area contributed by atoms with Crippen LogP contribution < -0.4 is 10.1 Å². The number of ether oxygens (including phenoxy) is 2. The first-order valence-corrected chi connectivity index (χ1v) is 11.2. The van der Waals surface area contributed by atoms with Gasteiger partial charge < -0.3 is 14.8 Å². The lowest BCUT2D eigenvalue weighted by atomic mass is 10.0. The summed E-state index contributed by atoms with van der Waals surface area (Å²) in [5.41, 5.74) is 3.92. The van der Waals surface area contributed by atoms with Crippen molar-refractivity contribution in [2.75, 3.05) is 59.6 Å². The molecule has 2 aliphatic heterocycles. The molecule has 1 fully saturated rings. The summed E-state index contributed by atoms with van der Waals surface area (Å²) in [4.78, 5) is 17.6. The Hall–Kier alpha value is -2.42. The molecular formula is C23H33N5O3. The lowest BCUT2D eigenvalue weighted by Gasteiger charge is -2.32. The normalized spacial score (nSPS) is 17.4. The number of nitrogens with one attached hydrogen (secondary N) is 1. The van der Waals surface area contributed by atoms with Crippen molar-refractivity contribution >= 4 is 5.91 Å². The number of carbonyl (C=O) groups excluding carboxylic acids is 1. The molecule has 168 valence electrons. The predicted molar refractivity (Wildman–Crippen MR) is 119 cm³/mol. The summed E-state index contributed by atoms with van der Waals surface area (Å²) in [5.74, 6) is 0.745. The fourth-order valence-corrected chi connectivity index (χ4v) is 4.35. The van der Waals surface area contributed by atoms with E-state index in [1.54, 1.807) is 7.11 Å². The van der Waals surface area contributed by atoms with Crippen LogP contribution in [0.2, 0.25) is 0 Å². The highest BCUT2D eigenvalue weighted by Crippen LogP contribution is 2.24. The zero-order chi connectivity index (χ0) is 21.6. The molecule has 2 aliphatic rings. The number of methoxy groups -OCH3 is 1. The molecule has 1 N–H and O–H groups in total. The number of rotatable bonds is 8. The molecule has 0 saturated carbocycles. The number of aromatic nitrogens is 2. The van der Waals surface area contributed by atoms with Gasteiger partial charge in [-0.2, -0.15) is 5.10 Å². The standard InChI is InChI=1S/C23H33N5O3/c1-3-24-23(29)22-20-17-27(10-9-26-11-13-31-14-12-26)8-7-21(20)28(25-22)16-18-5-4-6-19(15-18)30-2/h4-6,15H,3,7-14,16-17H2,1-2H3,(H,24,29). The van der Waals surface area contributed by atoms with Crippen LogP contribution in [0.3, 0.4) is 0 Å². The van der Waals surface area contributed by atoms with Crippen molar-refractivity contribution in [2.24, 2.45) is 0 Å². The molecule has 2 aromatic rings. The summed E-state index contributed by atoms with van der Waals surface area (Å²) in [7, 11) is 1.67. The molecule has 0 bridgehead atoms. The van der Waals surface area contributed by atoms with Gasteiger partial charge in [0.2, 0.25) is 0 Å². The van der Waals surface area contributed by atoms with E-state index in [2.05, 4.69) is 21.2 Å². The Kier molecular flexibility index (Phi) is 7.21. The van der Waals surface area contributed by atoms with Crippen molar-refractivity contribution in [1.82, 2.24) is 24.9 Å². The van der Waals surface area contributed by atoms with Crippen molar-refractivity contribution in [3.8, 4) is 5.75 Å². The Bertz CT molecular complexity index is 891. The summed E-state index contributed by atoms with van der Waals surface area (Å²) in [5, 5.41) is 7.69. The Labute approximate surface area is 184 Å². The van der Waals surface area contributed by atoms with E-state index in [1.165, 1.54) is 5.69 Å². The molecule has 31 heavy (non-hydrogen) atoms. The highest BCUT2D eigenvalue weighted by molar-refractivity contribution is 5.94. The van der Waals surface area contributed by atoms with E-state index in [1.807, 2.05) is 29.8 Å². The predicted octanol–water partition coefficient (Wildman–Crippen LogP) is 1.38. The number of benzene rings is 1. The van der Waals surface area contributed by atoms with Crippen molar-refractivity contribution in [1.29, 1.82) is 0 Å². The zero-order valence-corrected chi connectivity index (χ0v) is 18.6. The highest BCUT2D eigenvalue weighted by atomic mass is 16.5. The third kappa shape index (κ3) is 5.26. The number of fused-ring (bicyclic) bond motifs is 1. The van der Waals surface area contributed by atoms with Gasteiger partial charge in [0.25, 0.3) is 5.91 Å². The van der Waals surface area contributed by atoms with E-state index >= 15 is 0 Å². The highest BCUT2D eigenvalue weighted by Gasteiger charge is 2.28. The lowest BCUT2D eigenvalue weighted by molar-refractivity contribution is 0.0326. The van der Waals surface area contributed by atoms with Crippen LogP contribution in [0.1, 0.15) is 34.2 Å². The van der Waals surface area contributed by atoms with Gasteiger partial charge in [0.05, 0.1) is 26.9 Å². The van der Waals surface area contributed by atoms with Gasteiger partial charge >= 0.3 is 0 Å². The Morgan fingerprint density at radius 3 is 2.77 bits per heavy atom. The minimum atomic E-state index is -0.0850. The van der Waals surface area contributed by atoms with Gasteiger partial charge in [0.1, 0.15) is 5.75 Å². The molecule has 0 aliphatic carbocycles. The van der Waals surface area contributed by atoms with Crippen LogP contribution in [0.5, 0.6) is 5.75 Å². The van der Waals surface area contributed by atoms with Crippen LogP contribution in [0.25, 0.3) is 0 Å². The summed E-state index contributed by atoms with van der Waals surface area (Å²) in [6.45, 7) is 10.6. The number of amides is 1. The first-order valence-electron chi connectivity index (χ1n) is 11.2. The smallest absolute Gasteiger partial charge is 0.272 e. The van der Waals surface area contributed by atoms with Gasteiger partial charge in [-0.1, -0.05) is 12.1 Å². The second-order valence-corrected chi connectivity index (χ2v) is 8.12. The van der Waals surface area contributed by atoms with E-state index in [0.29, 0.717) is 18.8 Å². The molecule has 0 unspecified atom stereocenters. The average molecular weight is 428 g/mol. The van der Waals surface area contributed by atoms with Gasteiger partial charge in [-0.05, 0) is 24.6 Å². The molecule has 1 aromatic heterocycles. The molecular weight excluding hydrogens is 394 g/mol. The lowest BCUT2D eigenvalue weighted by Crippen LogP contribution is -2.42. The van der Waals surface area contributed by atoms with E-state index in [0.717, 1.165) is 75.8 Å². The van der Waals surface area contributed by atoms with Crippen molar-refractivity contribution in [3.63, 3.8) is 0 Å². The molecule has 0 spiro atoms. The number of nitrogens with zero attached hydrogens (tertiary/aromatic N) is 4. The Morgan fingerprint density at radius 1 is 1.19 bits per heavy atom. The van der Waals surface area contributed by atoms with Crippen LogP contribution in [-0.2, 0) is 24.2 Å². The fraction of sp³-hybridized carbons (Fsp3) is 0.565. The van der Waals surface area contributed by atoms with Crippen molar-refractivity contribution in [3.05, 3.63) is 46.8 Å². The van der Waals surface area contributed by atoms with Crippen LogP contribution in [-0.4, -0.2) is 85.1 Å². The van der Waals surface area contributed by atoms with E-state index in [4.69, 9.17) is 14.6 Å². The number of morpholine rings is 1. The van der Waals surface area contributed by atoms with Gasteiger partial charge in [0, 0.05) is 63.5 Å². The molecule has 1 saturated heterocycles. The van der Waals surface area contributed by atoms with Crippen molar-refractivity contribution in [2.45, 2.75) is 26.4 Å². The Morgan fingerprint density at radius 2 is 2.00 bits per heavy atom. The average Bonchev–Trinajstić information content (AvgIpc) is 3.16. The van der Waals surface area contributed by atoms with Crippen LogP contribution in [0.4, 0.5) is 0 Å². The molecule has 0 atom stereocenters. The second kappa shape index (κ2) is 10.3. The maximum absolute atomic E-state index is 12.7. The number of hydrogen-bond donors (Lipinski definition) is 1. The molecule has 8 heteroatoms. The molecule has 4 rings (SSSR count). The van der Waals surface area contributed by atoms with E-state index in [9.17, 15) is 4.79 Å². The Balaban J connectivity index is 1.51. The van der Waals surface area contributed by atoms with Gasteiger partial charge in [-0.3, -0.25) is 19.3 Å². The topological polar surface area (TPSA) is 71.9 Å². The monoisotopic (exact) mass is 427 g/mol. The number of hydrogen-bond acceptors (Lipinski definition) is 6. The quantitative estimate of drug-likeness (QED) is 0.686. The van der Waals surface area contributed by atoms with Crippen molar-refractivity contribution < 1.29 is 14.3 Å². The molecule has 1 aromatic carbocycles. The van der Waals surface area contributed by atoms with Gasteiger partial charge in [-0.15, -0.1) is 0 Å². The molecule has 0 radical (unpaired) electrons. The molecule has 3 heterocycles. The fourth-order valence-electron chi connectivity index (χ4n) is 4.35. The van der Waals surface area contributed by atoms with Crippen LogP contribution in [0, 0.1) is 0 Å². The largest absolute Gasteiger partial charge is 0.497 e. The third-order valence-corrected chi connectivity index (χ3v) is 6.07. The summed E-state index contributed by atoms with van der Waals surface area (Å²) >= 11 is 0. The summed E-state index contributed by atoms with van der Waals surface area (Å²) in [6, 6.07) is 8.02. The molecule has 8 nitrogen and oxygen atoms in total.